The smallest absolute Gasteiger partial charge is 0.145 e. The molecule has 6 heteroatoms. The molecule has 0 saturated heterocycles. The van der Waals surface area contributed by atoms with Gasteiger partial charge in [-0.05, 0) is 74.7 Å². The molecule has 0 aliphatic rings. The second kappa shape index (κ2) is 10.5. The third kappa shape index (κ3) is 5.79. The quantitative estimate of drug-likeness (QED) is 0.210. The molecule has 3 rings (SSSR count). The third-order valence-corrected chi connectivity index (χ3v) is 6.26. The Hall–Kier alpha value is -3.45. The molecule has 0 aromatic carbocycles. The van der Waals surface area contributed by atoms with E-state index >= 15 is 0 Å². The maximum Gasteiger partial charge on any atom is 0.145 e. The monoisotopic (exact) mass is 444 g/mol. The van der Waals surface area contributed by atoms with Crippen molar-refractivity contribution in [1.82, 2.24) is 0 Å². The molecule has 0 bridgehead atoms. The van der Waals surface area contributed by atoms with Gasteiger partial charge in [0.1, 0.15) is 23.0 Å². The number of furan rings is 2. The predicted octanol–water partition coefficient (Wildman–Crippen LogP) is 7.96. The Labute approximate surface area is 190 Å². The first kappa shape index (κ1) is 22.2. The van der Waals surface area contributed by atoms with Crippen molar-refractivity contribution in [3.05, 3.63) is 77.3 Å². The highest BCUT2D eigenvalue weighted by Gasteiger charge is 2.16. The van der Waals surface area contributed by atoms with Gasteiger partial charge in [0.05, 0.1) is 21.9 Å². The average molecular weight is 445 g/mol. The molecule has 0 atom stereocenters. The number of allylic oxidation sites excluding steroid dienone is 6. The lowest BCUT2D eigenvalue weighted by molar-refractivity contribution is 0.572. The summed E-state index contributed by atoms with van der Waals surface area (Å²) >= 11 is 3.27. The second-order valence-electron chi connectivity index (χ2n) is 6.55. The SMILES string of the molecule is CSc1cc(-c2ccc(/C=C/C=C(/C)C#N)o2)sc1-c1ccc(/C=C/C=C(/C)C#N)o1. The highest BCUT2D eigenvalue weighted by Crippen LogP contribution is 2.43. The van der Waals surface area contributed by atoms with Gasteiger partial charge < -0.3 is 8.83 Å². The van der Waals surface area contributed by atoms with Crippen LogP contribution in [0.25, 0.3) is 33.4 Å². The number of hydrogen-bond acceptors (Lipinski definition) is 6. The van der Waals surface area contributed by atoms with Crippen molar-refractivity contribution in [2.45, 2.75) is 18.7 Å². The Bertz CT molecular complexity index is 1270. The van der Waals surface area contributed by atoms with Crippen molar-refractivity contribution < 1.29 is 8.83 Å². The summed E-state index contributed by atoms with van der Waals surface area (Å²) in [4.78, 5) is 3.18. The lowest BCUT2D eigenvalue weighted by Gasteiger charge is -1.95. The van der Waals surface area contributed by atoms with Crippen molar-refractivity contribution >= 4 is 35.3 Å². The van der Waals surface area contributed by atoms with Crippen molar-refractivity contribution in [2.24, 2.45) is 0 Å². The maximum atomic E-state index is 8.81. The van der Waals surface area contributed by atoms with Gasteiger partial charge in [0.25, 0.3) is 0 Å². The Kier molecular flexibility index (Phi) is 7.56. The minimum absolute atomic E-state index is 0.638. The van der Waals surface area contributed by atoms with Crippen LogP contribution in [0.5, 0.6) is 0 Å². The summed E-state index contributed by atoms with van der Waals surface area (Å²) in [5.74, 6) is 3.04. The Balaban J connectivity index is 1.83. The molecule has 0 amide bonds. The van der Waals surface area contributed by atoms with Crippen LogP contribution < -0.4 is 0 Å². The molecule has 4 nitrogen and oxygen atoms in total. The number of nitriles is 2. The second-order valence-corrected chi connectivity index (χ2v) is 8.45. The standard InChI is InChI=1S/C25H20N2O2S2/c1-17(15-26)6-4-8-19-10-12-21(28-19)23-14-24(30-3)25(31-23)22-13-11-20(29-22)9-5-7-18(2)16-27/h4-14H,1-3H3/b8-4+,9-5+,17-6-,18-7-. The molecule has 31 heavy (non-hydrogen) atoms. The zero-order chi connectivity index (χ0) is 22.2. The van der Waals surface area contributed by atoms with Gasteiger partial charge in [0.2, 0.25) is 0 Å². The fourth-order valence-corrected chi connectivity index (χ4v) is 4.56. The summed E-state index contributed by atoms with van der Waals surface area (Å²) in [6, 6.07) is 14.0. The molecule has 3 aromatic heterocycles. The van der Waals surface area contributed by atoms with Gasteiger partial charge in [0, 0.05) is 16.0 Å². The van der Waals surface area contributed by atoms with Crippen LogP contribution in [0.2, 0.25) is 0 Å². The van der Waals surface area contributed by atoms with Gasteiger partial charge in [-0.25, -0.2) is 0 Å². The van der Waals surface area contributed by atoms with E-state index in [1.807, 2.05) is 48.7 Å². The van der Waals surface area contributed by atoms with Crippen molar-refractivity contribution in [3.8, 4) is 33.4 Å². The Morgan fingerprint density at radius 3 is 2.00 bits per heavy atom. The molecular weight excluding hydrogens is 424 g/mol. The summed E-state index contributed by atoms with van der Waals surface area (Å²) in [5.41, 5.74) is 1.28. The van der Waals surface area contributed by atoms with Crippen LogP contribution in [0.3, 0.4) is 0 Å². The highest BCUT2D eigenvalue weighted by molar-refractivity contribution is 7.99. The normalized spacial score (nSPS) is 12.5. The lowest BCUT2D eigenvalue weighted by atomic mass is 10.3. The molecule has 0 aliphatic heterocycles. The molecule has 3 heterocycles. The molecule has 0 aliphatic carbocycles. The minimum Gasteiger partial charge on any atom is -0.456 e. The van der Waals surface area contributed by atoms with E-state index in [4.69, 9.17) is 19.4 Å². The molecule has 0 spiro atoms. The van der Waals surface area contributed by atoms with E-state index < -0.39 is 0 Å². The molecule has 0 fully saturated rings. The molecule has 0 unspecified atom stereocenters. The van der Waals surface area contributed by atoms with Crippen LogP contribution in [0.15, 0.2) is 79.5 Å². The van der Waals surface area contributed by atoms with Crippen molar-refractivity contribution in [2.75, 3.05) is 6.26 Å². The van der Waals surface area contributed by atoms with Crippen molar-refractivity contribution in [1.29, 1.82) is 10.5 Å². The number of thiophene rings is 1. The summed E-state index contributed by atoms with van der Waals surface area (Å²) in [5, 5.41) is 17.6. The van der Waals surface area contributed by atoms with Crippen LogP contribution in [0, 0.1) is 22.7 Å². The van der Waals surface area contributed by atoms with Gasteiger partial charge in [-0.15, -0.1) is 23.1 Å². The van der Waals surface area contributed by atoms with Gasteiger partial charge in [-0.2, -0.15) is 10.5 Å². The zero-order valence-corrected chi connectivity index (χ0v) is 19.0. The third-order valence-electron chi connectivity index (χ3n) is 4.20. The van der Waals surface area contributed by atoms with E-state index in [1.165, 1.54) is 0 Å². The Morgan fingerprint density at radius 2 is 1.45 bits per heavy atom. The summed E-state index contributed by atoms with van der Waals surface area (Å²) < 4.78 is 11.9. The molecule has 0 radical (unpaired) electrons. The summed E-state index contributed by atoms with van der Waals surface area (Å²) in [6.45, 7) is 3.52. The minimum atomic E-state index is 0.638. The molecule has 154 valence electrons. The van der Waals surface area contributed by atoms with E-state index in [-0.39, 0.29) is 0 Å². The van der Waals surface area contributed by atoms with Crippen molar-refractivity contribution in [3.63, 3.8) is 0 Å². The molecule has 0 saturated carbocycles. The first-order valence-electron chi connectivity index (χ1n) is 9.42. The molecule has 3 aromatic rings. The van der Waals surface area contributed by atoms with Crippen LogP contribution in [0.4, 0.5) is 0 Å². The predicted molar refractivity (Wildman–Crippen MR) is 128 cm³/mol. The zero-order valence-electron chi connectivity index (χ0n) is 17.4. The van der Waals surface area contributed by atoms with Crippen LogP contribution in [0.1, 0.15) is 25.4 Å². The van der Waals surface area contributed by atoms with Gasteiger partial charge in [0.15, 0.2) is 0 Å². The largest absolute Gasteiger partial charge is 0.456 e. The fraction of sp³-hybridized carbons (Fsp3) is 0.120. The summed E-state index contributed by atoms with van der Waals surface area (Å²) in [7, 11) is 0. The topological polar surface area (TPSA) is 73.9 Å². The van der Waals surface area contributed by atoms with E-state index in [9.17, 15) is 0 Å². The van der Waals surface area contributed by atoms with Gasteiger partial charge in [-0.3, -0.25) is 0 Å². The molecular formula is C25H20N2O2S2. The molecule has 0 N–H and O–H groups in total. The fourth-order valence-electron chi connectivity index (χ4n) is 2.61. The van der Waals surface area contributed by atoms with E-state index in [1.54, 1.807) is 55.2 Å². The number of thioether (sulfide) groups is 1. The average Bonchev–Trinajstić information content (AvgIpc) is 3.52. The number of nitrogens with zero attached hydrogens (tertiary/aromatic N) is 2. The van der Waals surface area contributed by atoms with E-state index in [2.05, 4.69) is 18.2 Å². The number of rotatable bonds is 7. The van der Waals surface area contributed by atoms with Gasteiger partial charge in [-0.1, -0.05) is 12.2 Å². The van der Waals surface area contributed by atoms with E-state index in [0.717, 1.165) is 37.7 Å². The maximum absolute atomic E-state index is 8.81. The van der Waals surface area contributed by atoms with Gasteiger partial charge >= 0.3 is 0 Å². The lowest BCUT2D eigenvalue weighted by Crippen LogP contribution is -1.69. The number of hydrogen-bond donors (Lipinski definition) is 0. The van der Waals surface area contributed by atoms with Crippen LogP contribution in [-0.4, -0.2) is 6.26 Å². The Morgan fingerprint density at radius 1 is 0.903 bits per heavy atom. The van der Waals surface area contributed by atoms with Crippen LogP contribution >= 0.6 is 23.1 Å². The first-order chi connectivity index (χ1) is 15.0. The highest BCUT2D eigenvalue weighted by atomic mass is 32.2. The van der Waals surface area contributed by atoms with E-state index in [0.29, 0.717) is 11.1 Å². The first-order valence-corrected chi connectivity index (χ1v) is 11.5. The summed E-state index contributed by atoms with van der Waals surface area (Å²) in [6.07, 6.45) is 12.8. The van der Waals surface area contributed by atoms with Crippen LogP contribution in [-0.2, 0) is 0 Å².